The summed E-state index contributed by atoms with van der Waals surface area (Å²) in [6.45, 7) is 28.4. The standard InChI is InChI=1S/C37H51OPSi/c1-25(2)40(26(3)4,27(5)6)38-34(36(10,11)12)35-37(31-19-15-13-16-20-31,32-21-17-14-18-22-32)39(35)33-29(8)23-28(7)24-30(33)9/h13-27H,1-12H3/b35-34+. The zero-order chi connectivity index (χ0) is 29.6. The Kier molecular flexibility index (Phi) is 8.67. The second kappa shape index (κ2) is 11.3. The van der Waals surface area contributed by atoms with E-state index in [1.54, 1.807) is 0 Å². The summed E-state index contributed by atoms with van der Waals surface area (Å²) < 4.78 is 7.80. The lowest BCUT2D eigenvalue weighted by Crippen LogP contribution is -2.48. The van der Waals surface area contributed by atoms with Crippen molar-refractivity contribution in [1.29, 1.82) is 0 Å². The van der Waals surface area contributed by atoms with Crippen molar-refractivity contribution in [3.8, 4) is 0 Å². The lowest BCUT2D eigenvalue weighted by molar-refractivity contribution is 0.264. The first-order valence-corrected chi connectivity index (χ1v) is 18.6. The van der Waals surface area contributed by atoms with E-state index >= 15 is 0 Å². The highest BCUT2D eigenvalue weighted by molar-refractivity contribution is 7.80. The number of aryl methyl sites for hydroxylation is 3. The minimum absolute atomic E-state index is 0.120. The summed E-state index contributed by atoms with van der Waals surface area (Å²) in [5.41, 5.74) is 8.35. The average molecular weight is 571 g/mol. The summed E-state index contributed by atoms with van der Waals surface area (Å²) in [7, 11) is -2.90. The molecular formula is C37H51OPSi. The molecule has 3 aromatic carbocycles. The van der Waals surface area contributed by atoms with Crippen LogP contribution in [0, 0.1) is 26.2 Å². The molecule has 0 saturated carbocycles. The summed E-state index contributed by atoms with van der Waals surface area (Å²) in [4.78, 5) is 0. The lowest BCUT2D eigenvalue weighted by Gasteiger charge is -2.45. The first kappa shape index (κ1) is 30.8. The number of rotatable bonds is 8. The molecule has 1 nitrogen and oxygen atoms in total. The van der Waals surface area contributed by atoms with Crippen LogP contribution in [-0.2, 0) is 9.58 Å². The highest BCUT2D eigenvalue weighted by Crippen LogP contribution is 2.87. The lowest BCUT2D eigenvalue weighted by atomic mass is 9.86. The number of hydrogen-bond acceptors (Lipinski definition) is 1. The van der Waals surface area contributed by atoms with Gasteiger partial charge in [0.2, 0.25) is 0 Å². The van der Waals surface area contributed by atoms with Gasteiger partial charge in [-0.1, -0.05) is 141 Å². The van der Waals surface area contributed by atoms with E-state index in [2.05, 4.69) is 156 Å². The minimum atomic E-state index is -2.20. The Balaban J connectivity index is 2.17. The predicted molar refractivity (Wildman–Crippen MR) is 179 cm³/mol. The zero-order valence-electron chi connectivity index (χ0n) is 27.0. The van der Waals surface area contributed by atoms with E-state index in [1.807, 2.05) is 0 Å². The van der Waals surface area contributed by atoms with Crippen molar-refractivity contribution in [3.05, 3.63) is 112 Å². The molecular weight excluding hydrogens is 519 g/mol. The highest BCUT2D eigenvalue weighted by Gasteiger charge is 2.66. The normalized spacial score (nSPS) is 18.4. The van der Waals surface area contributed by atoms with Gasteiger partial charge in [-0.2, -0.15) is 0 Å². The van der Waals surface area contributed by atoms with Crippen molar-refractivity contribution < 1.29 is 4.43 Å². The largest absolute Gasteiger partial charge is 0.545 e. The molecule has 1 atom stereocenters. The smallest absolute Gasteiger partial charge is 0.258 e. The summed E-state index contributed by atoms with van der Waals surface area (Å²) in [5, 5.41) is 2.86. The Morgan fingerprint density at radius 1 is 0.700 bits per heavy atom. The molecule has 0 aromatic heterocycles. The Morgan fingerprint density at radius 2 is 1.10 bits per heavy atom. The van der Waals surface area contributed by atoms with Gasteiger partial charge in [0.25, 0.3) is 8.32 Å². The first-order valence-electron chi connectivity index (χ1n) is 15.1. The predicted octanol–water partition coefficient (Wildman–Crippen LogP) is 11.1. The third kappa shape index (κ3) is 5.05. The Morgan fingerprint density at radius 3 is 1.45 bits per heavy atom. The fourth-order valence-corrected chi connectivity index (χ4v) is 16.8. The number of allylic oxidation sites excluding steroid dienone is 2. The molecule has 40 heavy (non-hydrogen) atoms. The molecule has 1 heterocycles. The highest BCUT2D eigenvalue weighted by atomic mass is 31.1. The van der Waals surface area contributed by atoms with Gasteiger partial charge in [0.05, 0.1) is 10.9 Å². The summed E-state index contributed by atoms with van der Waals surface area (Å²) in [5.74, 6) is 1.26. The van der Waals surface area contributed by atoms with Crippen LogP contribution in [-0.4, -0.2) is 8.32 Å². The van der Waals surface area contributed by atoms with E-state index in [9.17, 15) is 0 Å². The van der Waals surface area contributed by atoms with E-state index < -0.39 is 16.2 Å². The van der Waals surface area contributed by atoms with E-state index in [-0.39, 0.29) is 10.6 Å². The number of hydrogen-bond donors (Lipinski definition) is 0. The van der Waals surface area contributed by atoms with Crippen molar-refractivity contribution in [1.82, 2.24) is 0 Å². The molecule has 1 unspecified atom stereocenters. The van der Waals surface area contributed by atoms with Crippen LogP contribution in [0.1, 0.15) is 90.1 Å². The monoisotopic (exact) mass is 570 g/mol. The molecule has 4 rings (SSSR count). The molecule has 0 bridgehead atoms. The van der Waals surface area contributed by atoms with Crippen molar-refractivity contribution >= 4 is 21.5 Å². The Bertz CT molecular complexity index is 1280. The second-order valence-corrected chi connectivity index (χ2v) is 21.5. The first-order chi connectivity index (χ1) is 18.7. The molecule has 0 aliphatic carbocycles. The van der Waals surface area contributed by atoms with Gasteiger partial charge in [-0.15, -0.1) is 0 Å². The van der Waals surface area contributed by atoms with Crippen molar-refractivity contribution in [2.45, 2.75) is 105 Å². The Labute approximate surface area is 247 Å². The topological polar surface area (TPSA) is 9.23 Å². The molecule has 0 amide bonds. The third-order valence-electron chi connectivity index (χ3n) is 8.98. The van der Waals surface area contributed by atoms with Crippen LogP contribution >= 0.6 is 7.92 Å². The van der Waals surface area contributed by atoms with Crippen molar-refractivity contribution in [2.24, 2.45) is 5.41 Å². The quantitative estimate of drug-likeness (QED) is 0.149. The maximum absolute atomic E-state index is 7.80. The van der Waals surface area contributed by atoms with Gasteiger partial charge in [0.15, 0.2) is 0 Å². The minimum Gasteiger partial charge on any atom is -0.545 e. The molecule has 3 aromatic rings. The van der Waals surface area contributed by atoms with Crippen LogP contribution in [0.2, 0.25) is 16.6 Å². The van der Waals surface area contributed by atoms with E-state index in [0.717, 1.165) is 0 Å². The SMILES string of the molecule is Cc1cc(C)c(P2/C(=C(/O[Si](C(C)C)(C(C)C)C(C)C)C(C)(C)C)C2(c2ccccc2)c2ccccc2)c(C)c1. The van der Waals surface area contributed by atoms with Crippen molar-refractivity contribution in [3.63, 3.8) is 0 Å². The molecule has 0 spiro atoms. The summed E-state index contributed by atoms with van der Waals surface area (Å²) >= 11 is 0. The number of benzene rings is 3. The van der Waals surface area contributed by atoms with Crippen molar-refractivity contribution in [2.75, 3.05) is 0 Å². The Hall–Kier alpha value is -2.15. The second-order valence-electron chi connectivity index (χ2n) is 13.9. The van der Waals surface area contributed by atoms with Gasteiger partial charge in [-0.3, -0.25) is 0 Å². The van der Waals surface area contributed by atoms with Gasteiger partial charge < -0.3 is 4.43 Å². The molecule has 0 N–H and O–H groups in total. The van der Waals surface area contributed by atoms with Crippen LogP contribution in [0.25, 0.3) is 0 Å². The van der Waals surface area contributed by atoms with Crippen LogP contribution in [0.15, 0.2) is 83.9 Å². The van der Waals surface area contributed by atoms with Gasteiger partial charge >= 0.3 is 0 Å². The molecule has 1 aliphatic heterocycles. The van der Waals surface area contributed by atoms with E-state index in [4.69, 9.17) is 4.43 Å². The van der Waals surface area contributed by atoms with Crippen LogP contribution in [0.3, 0.4) is 0 Å². The third-order valence-corrected chi connectivity index (χ3v) is 18.3. The van der Waals surface area contributed by atoms with Gasteiger partial charge in [-0.25, -0.2) is 0 Å². The fourth-order valence-electron chi connectivity index (χ4n) is 7.46. The van der Waals surface area contributed by atoms with Crippen LogP contribution < -0.4 is 5.30 Å². The molecule has 0 radical (unpaired) electrons. The summed E-state index contributed by atoms with van der Waals surface area (Å²) in [6.07, 6.45) is 0. The van der Waals surface area contributed by atoms with E-state index in [1.165, 1.54) is 44.2 Å². The van der Waals surface area contributed by atoms with Gasteiger partial charge in [0.1, 0.15) is 0 Å². The maximum atomic E-state index is 7.80. The molecule has 3 heteroatoms. The summed E-state index contributed by atoms with van der Waals surface area (Å²) in [6, 6.07) is 27.3. The van der Waals surface area contributed by atoms with Crippen LogP contribution in [0.4, 0.5) is 0 Å². The zero-order valence-corrected chi connectivity index (χ0v) is 28.9. The van der Waals surface area contributed by atoms with Crippen LogP contribution in [0.5, 0.6) is 0 Å². The average Bonchev–Trinajstić information content (AvgIpc) is 3.53. The van der Waals surface area contributed by atoms with Gasteiger partial charge in [-0.05, 0) is 72.9 Å². The molecule has 1 aliphatic rings. The van der Waals surface area contributed by atoms with Gasteiger partial charge in [0, 0.05) is 10.7 Å². The maximum Gasteiger partial charge on any atom is 0.258 e. The van der Waals surface area contributed by atoms with E-state index in [0.29, 0.717) is 16.6 Å². The fraction of sp³-hybridized carbons (Fsp3) is 0.459. The molecule has 1 fully saturated rings. The molecule has 214 valence electrons. The molecule has 1 saturated heterocycles.